The number of hydrogen-bond acceptors (Lipinski definition) is 7. The van der Waals surface area contributed by atoms with Crippen molar-refractivity contribution in [3.05, 3.63) is 11.5 Å². The number of carbonyl (C=O) groups is 2. The summed E-state index contributed by atoms with van der Waals surface area (Å²) in [6.07, 6.45) is 1.43. The summed E-state index contributed by atoms with van der Waals surface area (Å²) in [5, 5.41) is 3.66. The van der Waals surface area contributed by atoms with Gasteiger partial charge in [0, 0.05) is 26.2 Å². The van der Waals surface area contributed by atoms with Crippen LogP contribution in [0.15, 0.2) is 9.42 Å². The molecule has 2 amide bonds. The number of sulfonamides is 1. The van der Waals surface area contributed by atoms with Crippen LogP contribution in [0.4, 0.5) is 0 Å². The highest BCUT2D eigenvalue weighted by atomic mass is 32.2. The van der Waals surface area contributed by atoms with Crippen molar-refractivity contribution in [2.75, 3.05) is 39.4 Å². The molecule has 162 valence electrons. The predicted molar refractivity (Wildman–Crippen MR) is 102 cm³/mol. The molecule has 2 atom stereocenters. The summed E-state index contributed by atoms with van der Waals surface area (Å²) in [7, 11) is -3.95. The monoisotopic (exact) mass is 428 g/mol. The molecule has 2 aliphatic rings. The van der Waals surface area contributed by atoms with E-state index in [1.165, 1.54) is 20.8 Å². The van der Waals surface area contributed by atoms with Crippen LogP contribution in [0.25, 0.3) is 0 Å². The van der Waals surface area contributed by atoms with Gasteiger partial charge < -0.3 is 19.1 Å². The molecule has 0 saturated carbocycles. The maximum absolute atomic E-state index is 12.9. The summed E-state index contributed by atoms with van der Waals surface area (Å²) >= 11 is 0. The van der Waals surface area contributed by atoms with Crippen molar-refractivity contribution in [1.29, 1.82) is 0 Å². The van der Waals surface area contributed by atoms with Crippen LogP contribution in [0.3, 0.4) is 0 Å². The van der Waals surface area contributed by atoms with Crippen molar-refractivity contribution < 1.29 is 27.3 Å². The molecule has 3 rings (SSSR count). The molecule has 0 bridgehead atoms. The third-order valence-corrected chi connectivity index (χ3v) is 7.13. The molecule has 1 N–H and O–H groups in total. The van der Waals surface area contributed by atoms with Gasteiger partial charge in [0.05, 0.1) is 25.2 Å². The van der Waals surface area contributed by atoms with Crippen molar-refractivity contribution in [3.63, 3.8) is 0 Å². The number of aromatic nitrogens is 1. The van der Waals surface area contributed by atoms with Crippen molar-refractivity contribution in [2.24, 2.45) is 5.92 Å². The predicted octanol–water partition coefficient (Wildman–Crippen LogP) is 0.0556. The van der Waals surface area contributed by atoms with E-state index >= 15 is 0 Å². The topological polar surface area (TPSA) is 122 Å². The number of nitrogens with zero attached hydrogens (tertiary/aromatic N) is 3. The van der Waals surface area contributed by atoms with Crippen molar-refractivity contribution in [3.8, 4) is 0 Å². The zero-order chi connectivity index (χ0) is 21.2. The smallest absolute Gasteiger partial charge is 0.246 e. The number of morpholine rings is 1. The highest BCUT2D eigenvalue weighted by Gasteiger charge is 2.35. The quantitative estimate of drug-likeness (QED) is 0.703. The van der Waals surface area contributed by atoms with E-state index in [0.717, 1.165) is 6.42 Å². The number of carbonyl (C=O) groups excluding carboxylic acids is 2. The van der Waals surface area contributed by atoms with Crippen molar-refractivity contribution in [2.45, 2.75) is 44.6 Å². The lowest BCUT2D eigenvalue weighted by molar-refractivity contribution is -0.144. The number of piperidine rings is 1. The van der Waals surface area contributed by atoms with Gasteiger partial charge in [0.25, 0.3) is 0 Å². The first-order valence-electron chi connectivity index (χ1n) is 9.81. The van der Waals surface area contributed by atoms with Gasteiger partial charge in [-0.3, -0.25) is 9.59 Å². The Bertz CT molecular complexity index is 842. The standard InChI is InChI=1S/C18H28N4O6S/c1-12-16(14(3)28-19-12)29(25,26)20-13(2)17(23)22-6-4-5-15(11-22)18(24)21-7-9-27-10-8-21/h13,15,20H,4-11H2,1-3H3/t13-,15?/m0/s1. The highest BCUT2D eigenvalue weighted by Crippen LogP contribution is 2.22. The summed E-state index contributed by atoms with van der Waals surface area (Å²) in [6.45, 7) is 7.54. The summed E-state index contributed by atoms with van der Waals surface area (Å²) in [5.74, 6) is -0.407. The number of likely N-dealkylation sites (tertiary alicyclic amines) is 1. The van der Waals surface area contributed by atoms with E-state index < -0.39 is 16.1 Å². The summed E-state index contributed by atoms with van der Waals surface area (Å²) in [4.78, 5) is 28.9. The minimum Gasteiger partial charge on any atom is -0.378 e. The van der Waals surface area contributed by atoms with Crippen LogP contribution >= 0.6 is 0 Å². The first kappa shape index (κ1) is 21.7. The number of aryl methyl sites for hydroxylation is 2. The molecule has 2 aliphatic heterocycles. The van der Waals surface area contributed by atoms with E-state index in [1.54, 1.807) is 9.80 Å². The van der Waals surface area contributed by atoms with Gasteiger partial charge >= 0.3 is 0 Å². The highest BCUT2D eigenvalue weighted by molar-refractivity contribution is 7.89. The van der Waals surface area contributed by atoms with E-state index in [9.17, 15) is 18.0 Å². The molecule has 2 saturated heterocycles. The van der Waals surface area contributed by atoms with Crippen LogP contribution in [-0.4, -0.2) is 80.6 Å². The number of amides is 2. The van der Waals surface area contributed by atoms with Crippen LogP contribution in [0.1, 0.15) is 31.2 Å². The zero-order valence-electron chi connectivity index (χ0n) is 17.0. The van der Waals surface area contributed by atoms with E-state index in [2.05, 4.69) is 9.88 Å². The van der Waals surface area contributed by atoms with Crippen molar-refractivity contribution in [1.82, 2.24) is 19.7 Å². The van der Waals surface area contributed by atoms with Crippen LogP contribution in [-0.2, 0) is 24.3 Å². The minimum atomic E-state index is -3.95. The third kappa shape index (κ3) is 4.78. The van der Waals surface area contributed by atoms with Crippen LogP contribution in [0.5, 0.6) is 0 Å². The second-order valence-electron chi connectivity index (χ2n) is 7.56. The molecule has 0 aliphatic carbocycles. The Hall–Kier alpha value is -1.98. The third-order valence-electron chi connectivity index (χ3n) is 5.34. The Morgan fingerprint density at radius 3 is 2.48 bits per heavy atom. The molecule has 1 aromatic heterocycles. The lowest BCUT2D eigenvalue weighted by atomic mass is 9.96. The number of ether oxygens (including phenoxy) is 1. The van der Waals surface area contributed by atoms with E-state index in [1.807, 2.05) is 0 Å². The molecular formula is C18H28N4O6S. The molecule has 10 nitrogen and oxygen atoms in total. The molecule has 1 aromatic rings. The Kier molecular flexibility index (Phi) is 6.59. The number of hydrogen-bond donors (Lipinski definition) is 1. The fourth-order valence-electron chi connectivity index (χ4n) is 3.90. The lowest BCUT2D eigenvalue weighted by Crippen LogP contribution is -2.53. The zero-order valence-corrected chi connectivity index (χ0v) is 17.8. The maximum atomic E-state index is 12.9. The van der Waals surface area contributed by atoms with Crippen LogP contribution in [0, 0.1) is 19.8 Å². The average molecular weight is 429 g/mol. The van der Waals surface area contributed by atoms with Gasteiger partial charge in [-0.25, -0.2) is 8.42 Å². The molecular weight excluding hydrogens is 400 g/mol. The Labute approximate surface area is 170 Å². The van der Waals surface area contributed by atoms with Crippen molar-refractivity contribution >= 4 is 21.8 Å². The summed E-state index contributed by atoms with van der Waals surface area (Å²) in [5.41, 5.74) is 0.240. The van der Waals surface area contributed by atoms with Gasteiger partial charge in [0.15, 0.2) is 5.76 Å². The summed E-state index contributed by atoms with van der Waals surface area (Å²) in [6, 6.07) is -0.967. The van der Waals surface area contributed by atoms with Gasteiger partial charge in [0.1, 0.15) is 10.6 Å². The molecule has 1 unspecified atom stereocenters. The van der Waals surface area contributed by atoms with Gasteiger partial charge in [-0.05, 0) is 33.6 Å². The number of rotatable bonds is 5. The molecule has 0 aromatic carbocycles. The Balaban J connectivity index is 1.64. The SMILES string of the molecule is Cc1noc(C)c1S(=O)(=O)N[C@@H](C)C(=O)N1CCCC(C(=O)N2CCOCC2)C1. The fraction of sp³-hybridized carbons (Fsp3) is 0.722. The molecule has 29 heavy (non-hydrogen) atoms. The minimum absolute atomic E-state index is 0.0368. The van der Waals surface area contributed by atoms with Gasteiger partial charge in [-0.2, -0.15) is 4.72 Å². The van der Waals surface area contributed by atoms with Gasteiger partial charge in [-0.1, -0.05) is 5.16 Å². The first-order chi connectivity index (χ1) is 13.7. The van der Waals surface area contributed by atoms with E-state index in [-0.39, 0.29) is 34.1 Å². The van der Waals surface area contributed by atoms with Gasteiger partial charge in [-0.15, -0.1) is 0 Å². The van der Waals surface area contributed by atoms with E-state index in [0.29, 0.717) is 45.8 Å². The Morgan fingerprint density at radius 1 is 1.17 bits per heavy atom. The Morgan fingerprint density at radius 2 is 1.86 bits per heavy atom. The largest absolute Gasteiger partial charge is 0.378 e. The van der Waals surface area contributed by atoms with Crippen LogP contribution in [0.2, 0.25) is 0 Å². The molecule has 0 spiro atoms. The normalized spacial score (nSPS) is 21.8. The molecule has 0 radical (unpaired) electrons. The molecule has 3 heterocycles. The van der Waals surface area contributed by atoms with Gasteiger partial charge in [0.2, 0.25) is 21.8 Å². The van der Waals surface area contributed by atoms with E-state index in [4.69, 9.17) is 9.26 Å². The summed E-state index contributed by atoms with van der Waals surface area (Å²) < 4.78 is 37.9. The molecule has 2 fully saturated rings. The second-order valence-corrected chi connectivity index (χ2v) is 9.21. The number of nitrogens with one attached hydrogen (secondary N) is 1. The lowest BCUT2D eigenvalue weighted by Gasteiger charge is -2.37. The fourth-order valence-corrected chi connectivity index (χ4v) is 5.42. The maximum Gasteiger partial charge on any atom is 0.246 e. The second kappa shape index (κ2) is 8.80. The average Bonchev–Trinajstić information content (AvgIpc) is 3.06. The molecule has 11 heteroatoms. The first-order valence-corrected chi connectivity index (χ1v) is 11.3. The van der Waals surface area contributed by atoms with Crippen LogP contribution < -0.4 is 4.72 Å².